The molecule has 1 saturated heterocycles. The van der Waals surface area contributed by atoms with Crippen LogP contribution in [-0.2, 0) is 9.59 Å². The van der Waals surface area contributed by atoms with Gasteiger partial charge in [0.2, 0.25) is 11.8 Å². The van der Waals surface area contributed by atoms with Crippen molar-refractivity contribution in [1.29, 1.82) is 0 Å². The Morgan fingerprint density at radius 1 is 1.36 bits per heavy atom. The topological polar surface area (TPSA) is 66.5 Å². The van der Waals surface area contributed by atoms with E-state index in [-0.39, 0.29) is 34.6 Å². The van der Waals surface area contributed by atoms with Crippen molar-refractivity contribution in [3.8, 4) is 0 Å². The van der Waals surface area contributed by atoms with E-state index >= 15 is 0 Å². The summed E-state index contributed by atoms with van der Waals surface area (Å²) < 4.78 is 0. The zero-order valence-electron chi connectivity index (χ0n) is 12.3. The largest absolute Gasteiger partial charge is 0.353 e. The SMILES string of the molecule is CC[C@@H](Sc1ccccc1)C(=O)NCCN1C(=O)CSC1=O. The molecule has 7 heteroatoms. The molecule has 0 bridgehead atoms. The van der Waals surface area contributed by atoms with Crippen molar-refractivity contribution in [3.63, 3.8) is 0 Å². The number of thioether (sulfide) groups is 2. The van der Waals surface area contributed by atoms with Crippen LogP contribution < -0.4 is 5.32 Å². The monoisotopic (exact) mass is 338 g/mol. The van der Waals surface area contributed by atoms with Crippen molar-refractivity contribution in [2.24, 2.45) is 0 Å². The van der Waals surface area contributed by atoms with Crippen molar-refractivity contribution in [1.82, 2.24) is 10.2 Å². The highest BCUT2D eigenvalue weighted by Gasteiger charge is 2.29. The first kappa shape index (κ1) is 16.9. The van der Waals surface area contributed by atoms with Gasteiger partial charge in [-0.1, -0.05) is 36.9 Å². The Labute approximate surface area is 138 Å². The van der Waals surface area contributed by atoms with Crippen LogP contribution in [0.4, 0.5) is 4.79 Å². The maximum absolute atomic E-state index is 12.2. The van der Waals surface area contributed by atoms with Crippen LogP contribution in [0.2, 0.25) is 0 Å². The fourth-order valence-corrected chi connectivity index (χ4v) is 3.74. The molecule has 0 aromatic heterocycles. The fourth-order valence-electron chi connectivity index (χ4n) is 1.99. The van der Waals surface area contributed by atoms with E-state index in [1.54, 1.807) is 0 Å². The van der Waals surface area contributed by atoms with Gasteiger partial charge in [-0.3, -0.25) is 19.3 Å². The van der Waals surface area contributed by atoms with E-state index in [4.69, 9.17) is 0 Å². The summed E-state index contributed by atoms with van der Waals surface area (Å²) in [6, 6.07) is 9.76. The average Bonchev–Trinajstić information content (AvgIpc) is 2.85. The minimum Gasteiger partial charge on any atom is -0.353 e. The van der Waals surface area contributed by atoms with E-state index in [0.29, 0.717) is 13.0 Å². The second-order valence-electron chi connectivity index (χ2n) is 4.72. The van der Waals surface area contributed by atoms with Gasteiger partial charge in [0.05, 0.1) is 11.0 Å². The highest BCUT2D eigenvalue weighted by Crippen LogP contribution is 2.25. The van der Waals surface area contributed by atoms with Gasteiger partial charge in [0.25, 0.3) is 5.24 Å². The maximum atomic E-state index is 12.2. The van der Waals surface area contributed by atoms with Gasteiger partial charge in [-0.2, -0.15) is 0 Å². The molecule has 5 nitrogen and oxygen atoms in total. The number of hydrogen-bond acceptors (Lipinski definition) is 5. The summed E-state index contributed by atoms with van der Waals surface area (Å²) in [4.78, 5) is 37.3. The smallest absolute Gasteiger partial charge is 0.288 e. The van der Waals surface area contributed by atoms with Crippen LogP contribution in [0.5, 0.6) is 0 Å². The van der Waals surface area contributed by atoms with E-state index in [0.717, 1.165) is 16.7 Å². The molecule has 2 rings (SSSR count). The lowest BCUT2D eigenvalue weighted by atomic mass is 10.3. The van der Waals surface area contributed by atoms with Crippen LogP contribution in [0.3, 0.4) is 0 Å². The molecule has 1 atom stereocenters. The zero-order chi connectivity index (χ0) is 15.9. The molecule has 118 valence electrons. The number of benzene rings is 1. The molecule has 1 aromatic rings. The van der Waals surface area contributed by atoms with Crippen LogP contribution in [-0.4, -0.2) is 46.0 Å². The molecule has 0 radical (unpaired) electrons. The Morgan fingerprint density at radius 3 is 2.68 bits per heavy atom. The number of carbonyl (C=O) groups excluding carboxylic acids is 3. The van der Waals surface area contributed by atoms with Crippen molar-refractivity contribution in [3.05, 3.63) is 30.3 Å². The highest BCUT2D eigenvalue weighted by atomic mass is 32.2. The number of nitrogens with zero attached hydrogens (tertiary/aromatic N) is 1. The van der Waals surface area contributed by atoms with Crippen molar-refractivity contribution in [2.75, 3.05) is 18.8 Å². The molecule has 1 heterocycles. The Kier molecular flexibility index (Phi) is 6.33. The summed E-state index contributed by atoms with van der Waals surface area (Å²) in [7, 11) is 0. The summed E-state index contributed by atoms with van der Waals surface area (Å²) in [5.41, 5.74) is 0. The zero-order valence-corrected chi connectivity index (χ0v) is 13.9. The Balaban J connectivity index is 1.80. The Morgan fingerprint density at radius 2 is 2.09 bits per heavy atom. The second-order valence-corrected chi connectivity index (χ2v) is 6.92. The molecule has 1 aliphatic rings. The summed E-state index contributed by atoms with van der Waals surface area (Å²) in [5.74, 6) is -0.0492. The number of hydrogen-bond donors (Lipinski definition) is 1. The lowest BCUT2D eigenvalue weighted by Crippen LogP contribution is -2.40. The van der Waals surface area contributed by atoms with E-state index in [1.165, 1.54) is 16.7 Å². The van der Waals surface area contributed by atoms with E-state index in [2.05, 4.69) is 5.32 Å². The van der Waals surface area contributed by atoms with Gasteiger partial charge >= 0.3 is 0 Å². The first-order valence-corrected chi connectivity index (χ1v) is 8.95. The Hall–Kier alpha value is -1.47. The molecule has 1 aromatic carbocycles. The van der Waals surface area contributed by atoms with Gasteiger partial charge < -0.3 is 5.32 Å². The van der Waals surface area contributed by atoms with Gasteiger partial charge in [-0.15, -0.1) is 11.8 Å². The fraction of sp³-hybridized carbons (Fsp3) is 0.400. The number of nitrogens with one attached hydrogen (secondary N) is 1. The third kappa shape index (κ3) is 4.51. The van der Waals surface area contributed by atoms with Gasteiger partial charge in [0, 0.05) is 18.0 Å². The van der Waals surface area contributed by atoms with Crippen LogP contribution >= 0.6 is 23.5 Å². The average molecular weight is 338 g/mol. The van der Waals surface area contributed by atoms with Crippen molar-refractivity contribution < 1.29 is 14.4 Å². The van der Waals surface area contributed by atoms with Crippen LogP contribution in [0, 0.1) is 0 Å². The summed E-state index contributed by atoms with van der Waals surface area (Å²) >= 11 is 2.52. The first-order chi connectivity index (χ1) is 10.6. The lowest BCUT2D eigenvalue weighted by Gasteiger charge is -2.17. The Bertz CT molecular complexity index is 535. The van der Waals surface area contributed by atoms with E-state index in [9.17, 15) is 14.4 Å². The molecule has 0 saturated carbocycles. The summed E-state index contributed by atoms with van der Waals surface area (Å²) in [5, 5.41) is 2.40. The van der Waals surface area contributed by atoms with E-state index in [1.807, 2.05) is 37.3 Å². The molecule has 0 aliphatic carbocycles. The molecule has 0 spiro atoms. The van der Waals surface area contributed by atoms with Gasteiger partial charge in [-0.25, -0.2) is 0 Å². The van der Waals surface area contributed by atoms with Crippen LogP contribution in [0.1, 0.15) is 13.3 Å². The van der Waals surface area contributed by atoms with E-state index < -0.39 is 0 Å². The predicted octanol–water partition coefficient (Wildman–Crippen LogP) is 2.37. The molecule has 0 unspecified atom stereocenters. The van der Waals surface area contributed by atoms with Gasteiger partial charge in [0.15, 0.2) is 0 Å². The van der Waals surface area contributed by atoms with Crippen molar-refractivity contribution in [2.45, 2.75) is 23.5 Å². The molecular formula is C15H18N2O3S2. The van der Waals surface area contributed by atoms with Gasteiger partial charge in [-0.05, 0) is 18.6 Å². The number of imide groups is 1. The number of carbonyl (C=O) groups is 3. The predicted molar refractivity (Wildman–Crippen MR) is 89.0 cm³/mol. The maximum Gasteiger partial charge on any atom is 0.288 e. The molecular weight excluding hydrogens is 320 g/mol. The first-order valence-electron chi connectivity index (χ1n) is 7.08. The summed E-state index contributed by atoms with van der Waals surface area (Å²) in [6.07, 6.45) is 0.711. The second kappa shape index (κ2) is 8.24. The minimum absolute atomic E-state index is 0.0666. The highest BCUT2D eigenvalue weighted by molar-refractivity contribution is 8.14. The molecule has 1 N–H and O–H groups in total. The molecule has 3 amide bonds. The third-order valence-electron chi connectivity index (χ3n) is 3.16. The summed E-state index contributed by atoms with van der Waals surface area (Å²) in [6.45, 7) is 2.50. The molecule has 22 heavy (non-hydrogen) atoms. The number of amides is 3. The van der Waals surface area contributed by atoms with Crippen molar-refractivity contribution >= 4 is 40.6 Å². The lowest BCUT2D eigenvalue weighted by molar-refractivity contribution is -0.125. The standard InChI is InChI=1S/C15H18N2O3S2/c1-2-12(22-11-6-4-3-5-7-11)14(19)16-8-9-17-13(18)10-21-15(17)20/h3-7,12H,2,8-10H2,1H3,(H,16,19)/t12-/m1/s1. The molecule has 1 aliphatic heterocycles. The van der Waals surface area contributed by atoms with Crippen LogP contribution in [0.25, 0.3) is 0 Å². The minimum atomic E-state index is -0.232. The quantitative estimate of drug-likeness (QED) is 0.773. The number of rotatable bonds is 7. The molecule has 1 fully saturated rings. The third-order valence-corrected chi connectivity index (χ3v) is 5.39. The van der Waals surface area contributed by atoms with Crippen LogP contribution in [0.15, 0.2) is 35.2 Å². The normalized spacial score (nSPS) is 16.0. The van der Waals surface area contributed by atoms with Gasteiger partial charge in [0.1, 0.15) is 0 Å².